The first-order valence-electron chi connectivity index (χ1n) is 7.80. The van der Waals surface area contributed by atoms with E-state index in [1.807, 2.05) is 76.2 Å². The molecule has 0 radical (unpaired) electrons. The summed E-state index contributed by atoms with van der Waals surface area (Å²) in [6.45, 7) is 7.86. The SMILES string of the molecule is CC(C)c1cccc(C(C)C)c1OP(=O)(O)O.Nc1ccccc1. The average Bonchev–Trinajstić information content (AvgIpc) is 2.46. The highest BCUT2D eigenvalue weighted by atomic mass is 31.2. The highest BCUT2D eigenvalue weighted by Crippen LogP contribution is 2.44. The molecule has 2 aromatic rings. The predicted molar refractivity (Wildman–Crippen MR) is 98.1 cm³/mol. The Kier molecular flexibility index (Phi) is 7.49. The zero-order valence-corrected chi connectivity index (χ0v) is 15.4. The Morgan fingerprint density at radius 3 is 1.62 bits per heavy atom. The number of anilines is 1. The van der Waals surface area contributed by atoms with Crippen LogP contribution >= 0.6 is 7.82 Å². The lowest BCUT2D eigenvalue weighted by Crippen LogP contribution is -2.02. The minimum absolute atomic E-state index is 0.148. The lowest BCUT2D eigenvalue weighted by molar-refractivity contribution is 0.280. The van der Waals surface area contributed by atoms with E-state index in [0.29, 0.717) is 5.75 Å². The van der Waals surface area contributed by atoms with Crippen molar-refractivity contribution in [2.75, 3.05) is 5.73 Å². The minimum Gasteiger partial charge on any atom is -0.404 e. The molecular formula is C18H26NO4P. The van der Waals surface area contributed by atoms with Gasteiger partial charge in [-0.2, -0.15) is 0 Å². The van der Waals surface area contributed by atoms with Crippen molar-refractivity contribution < 1.29 is 18.9 Å². The zero-order chi connectivity index (χ0) is 18.3. The molecule has 5 nitrogen and oxygen atoms in total. The number of rotatable bonds is 4. The first-order valence-corrected chi connectivity index (χ1v) is 9.33. The molecule has 2 rings (SSSR count). The van der Waals surface area contributed by atoms with Gasteiger partial charge in [0.1, 0.15) is 5.75 Å². The smallest absolute Gasteiger partial charge is 0.404 e. The molecule has 0 fully saturated rings. The van der Waals surface area contributed by atoms with E-state index in [9.17, 15) is 4.57 Å². The van der Waals surface area contributed by atoms with E-state index < -0.39 is 7.82 Å². The molecule has 0 aliphatic rings. The van der Waals surface area contributed by atoms with E-state index in [4.69, 9.17) is 20.0 Å². The Morgan fingerprint density at radius 1 is 0.875 bits per heavy atom. The zero-order valence-electron chi connectivity index (χ0n) is 14.5. The Bertz CT molecular complexity index is 654. The molecule has 0 aliphatic carbocycles. The molecule has 132 valence electrons. The maximum atomic E-state index is 11.0. The molecule has 24 heavy (non-hydrogen) atoms. The van der Waals surface area contributed by atoms with Crippen molar-refractivity contribution in [3.8, 4) is 5.75 Å². The van der Waals surface area contributed by atoms with E-state index in [0.717, 1.165) is 16.8 Å². The Labute approximate surface area is 143 Å². The second-order valence-corrected chi connectivity index (χ2v) is 7.23. The monoisotopic (exact) mass is 351 g/mol. The molecule has 0 bridgehead atoms. The van der Waals surface area contributed by atoms with Gasteiger partial charge in [-0.15, -0.1) is 0 Å². The maximum absolute atomic E-state index is 11.0. The van der Waals surface area contributed by atoms with Crippen LogP contribution in [0, 0.1) is 0 Å². The lowest BCUT2D eigenvalue weighted by atomic mass is 9.94. The van der Waals surface area contributed by atoms with Gasteiger partial charge < -0.3 is 10.3 Å². The first kappa shape index (κ1) is 20.2. The number of phosphoric ester groups is 1. The van der Waals surface area contributed by atoms with Crippen molar-refractivity contribution in [3.63, 3.8) is 0 Å². The highest BCUT2D eigenvalue weighted by Gasteiger charge is 2.23. The summed E-state index contributed by atoms with van der Waals surface area (Å²) in [5, 5.41) is 0. The molecule has 0 spiro atoms. The van der Waals surface area contributed by atoms with Gasteiger partial charge in [0.25, 0.3) is 0 Å². The van der Waals surface area contributed by atoms with Crippen molar-refractivity contribution in [1.29, 1.82) is 0 Å². The fourth-order valence-electron chi connectivity index (χ4n) is 2.16. The van der Waals surface area contributed by atoms with Crippen LogP contribution in [-0.4, -0.2) is 9.79 Å². The largest absolute Gasteiger partial charge is 0.524 e. The van der Waals surface area contributed by atoms with E-state index >= 15 is 0 Å². The summed E-state index contributed by atoms with van der Waals surface area (Å²) in [6, 6.07) is 15.0. The van der Waals surface area contributed by atoms with Crippen LogP contribution in [0.15, 0.2) is 48.5 Å². The lowest BCUT2D eigenvalue weighted by Gasteiger charge is -2.19. The second kappa shape index (κ2) is 8.88. The van der Waals surface area contributed by atoms with Crippen LogP contribution in [0.5, 0.6) is 5.75 Å². The Morgan fingerprint density at radius 2 is 1.33 bits per heavy atom. The molecule has 0 heterocycles. The third kappa shape index (κ3) is 6.75. The summed E-state index contributed by atoms with van der Waals surface area (Å²) < 4.78 is 15.9. The summed E-state index contributed by atoms with van der Waals surface area (Å²) >= 11 is 0. The molecule has 0 saturated heterocycles. The van der Waals surface area contributed by atoms with E-state index in [1.54, 1.807) is 0 Å². The number of phosphoric acid groups is 1. The van der Waals surface area contributed by atoms with Crippen molar-refractivity contribution in [2.24, 2.45) is 0 Å². The Hall–Kier alpha value is -1.81. The van der Waals surface area contributed by atoms with Crippen LogP contribution in [0.25, 0.3) is 0 Å². The molecule has 6 heteroatoms. The third-order valence-electron chi connectivity index (χ3n) is 3.33. The van der Waals surface area contributed by atoms with Gasteiger partial charge in [-0.3, -0.25) is 9.79 Å². The van der Waals surface area contributed by atoms with Gasteiger partial charge in [0, 0.05) is 5.69 Å². The summed E-state index contributed by atoms with van der Waals surface area (Å²) in [5.74, 6) is 0.622. The normalized spacial score (nSPS) is 11.2. The molecule has 0 aromatic heterocycles. The number of benzene rings is 2. The van der Waals surface area contributed by atoms with Crippen LogP contribution in [-0.2, 0) is 4.57 Å². The van der Waals surface area contributed by atoms with Crippen molar-refractivity contribution in [1.82, 2.24) is 0 Å². The van der Waals surface area contributed by atoms with E-state index in [-0.39, 0.29) is 11.8 Å². The van der Waals surface area contributed by atoms with Gasteiger partial charge in [0.15, 0.2) is 0 Å². The average molecular weight is 351 g/mol. The molecule has 2 aromatic carbocycles. The van der Waals surface area contributed by atoms with Crippen molar-refractivity contribution in [2.45, 2.75) is 39.5 Å². The third-order valence-corrected chi connectivity index (χ3v) is 3.75. The maximum Gasteiger partial charge on any atom is 0.524 e. The quantitative estimate of drug-likeness (QED) is 0.550. The fraction of sp³-hybridized carbons (Fsp3) is 0.333. The molecule has 0 amide bonds. The number of para-hydroxylation sites is 2. The van der Waals surface area contributed by atoms with Gasteiger partial charge in [-0.05, 0) is 35.1 Å². The van der Waals surface area contributed by atoms with E-state index in [1.165, 1.54) is 0 Å². The molecule has 0 aliphatic heterocycles. The fourth-order valence-corrected chi connectivity index (χ4v) is 2.61. The molecule has 0 saturated carbocycles. The highest BCUT2D eigenvalue weighted by molar-refractivity contribution is 7.46. The summed E-state index contributed by atoms with van der Waals surface area (Å²) in [6.07, 6.45) is 0. The second-order valence-electron chi connectivity index (χ2n) is 6.07. The standard InChI is InChI=1S/C12H19O4P.C6H7N/c1-8(2)10-6-5-7-11(9(3)4)12(10)16-17(13,14)15;7-6-4-2-1-3-5-6/h5-9H,1-4H3,(H2,13,14,15);1-5H,7H2. The topological polar surface area (TPSA) is 92.8 Å². The van der Waals surface area contributed by atoms with Gasteiger partial charge in [-0.25, -0.2) is 4.57 Å². The molecule has 0 atom stereocenters. The number of nitrogens with two attached hydrogens (primary N) is 1. The number of nitrogen functional groups attached to an aromatic ring is 1. The van der Waals surface area contributed by atoms with Crippen LogP contribution in [0.1, 0.15) is 50.7 Å². The Balaban J connectivity index is 0.000000341. The van der Waals surface area contributed by atoms with E-state index in [2.05, 4.69) is 0 Å². The summed E-state index contributed by atoms with van der Waals surface area (Å²) in [4.78, 5) is 17.9. The number of hydrogen-bond donors (Lipinski definition) is 3. The van der Waals surface area contributed by atoms with Crippen molar-refractivity contribution >= 4 is 13.5 Å². The number of hydrogen-bond acceptors (Lipinski definition) is 3. The molecule has 4 N–H and O–H groups in total. The molecular weight excluding hydrogens is 325 g/mol. The van der Waals surface area contributed by atoms with Crippen LogP contribution in [0.2, 0.25) is 0 Å². The van der Waals surface area contributed by atoms with Gasteiger partial charge in [-0.1, -0.05) is 64.1 Å². The molecule has 0 unspecified atom stereocenters. The van der Waals surface area contributed by atoms with Crippen LogP contribution in [0.3, 0.4) is 0 Å². The van der Waals surface area contributed by atoms with Gasteiger partial charge >= 0.3 is 7.82 Å². The van der Waals surface area contributed by atoms with Gasteiger partial charge in [0.2, 0.25) is 0 Å². The summed E-state index contributed by atoms with van der Waals surface area (Å²) in [7, 11) is -4.52. The van der Waals surface area contributed by atoms with Gasteiger partial charge in [0.05, 0.1) is 0 Å². The van der Waals surface area contributed by atoms with Crippen LogP contribution in [0.4, 0.5) is 5.69 Å². The first-order chi connectivity index (χ1) is 11.1. The van der Waals surface area contributed by atoms with Crippen molar-refractivity contribution in [3.05, 3.63) is 59.7 Å². The van der Waals surface area contributed by atoms with Crippen LogP contribution < -0.4 is 10.3 Å². The predicted octanol–water partition coefficient (Wildman–Crippen LogP) is 4.67. The summed E-state index contributed by atoms with van der Waals surface area (Å²) in [5.41, 5.74) is 7.82. The minimum atomic E-state index is -4.52.